The van der Waals surface area contributed by atoms with E-state index >= 15 is 0 Å². The summed E-state index contributed by atoms with van der Waals surface area (Å²) in [6.07, 6.45) is 0.599. The average Bonchev–Trinajstić information content (AvgIpc) is 3.05. The number of ether oxygens (including phenoxy) is 1. The Balaban J connectivity index is 1.51. The van der Waals surface area contributed by atoms with Crippen molar-refractivity contribution in [2.45, 2.75) is 39.2 Å². The summed E-state index contributed by atoms with van der Waals surface area (Å²) in [5.74, 6) is 0.188. The second-order valence-corrected chi connectivity index (χ2v) is 9.97. The minimum absolute atomic E-state index is 0.0227. The Labute approximate surface area is 182 Å². The molecule has 2 heterocycles. The van der Waals surface area contributed by atoms with Gasteiger partial charge in [-0.25, -0.2) is 12.8 Å². The zero-order valence-corrected chi connectivity index (χ0v) is 18.7. The molecule has 1 aliphatic heterocycles. The van der Waals surface area contributed by atoms with E-state index in [2.05, 4.69) is 5.10 Å². The Hall–Kier alpha value is -2.71. The summed E-state index contributed by atoms with van der Waals surface area (Å²) < 4.78 is 48.4. The molecule has 6 nitrogen and oxygen atoms in total. The summed E-state index contributed by atoms with van der Waals surface area (Å²) in [4.78, 5) is 0. The summed E-state index contributed by atoms with van der Waals surface area (Å²) in [5, 5.41) is 4.54. The first kappa shape index (κ1) is 21.5. The number of aromatic nitrogens is 2. The van der Waals surface area contributed by atoms with Gasteiger partial charge in [0.1, 0.15) is 23.9 Å². The number of halogens is 1. The van der Waals surface area contributed by atoms with Crippen LogP contribution in [0.5, 0.6) is 5.75 Å². The summed E-state index contributed by atoms with van der Waals surface area (Å²) in [7, 11) is -1.61. The molecule has 0 N–H and O–H groups in total. The fourth-order valence-electron chi connectivity index (χ4n) is 3.88. The zero-order valence-electron chi connectivity index (χ0n) is 17.9. The number of benzene rings is 2. The largest absolute Gasteiger partial charge is 0.487 e. The monoisotopic (exact) mass is 443 g/mol. The lowest BCUT2D eigenvalue weighted by molar-refractivity contribution is 0.296. The Morgan fingerprint density at radius 3 is 2.55 bits per heavy atom. The second-order valence-electron chi connectivity index (χ2n) is 8.00. The molecule has 31 heavy (non-hydrogen) atoms. The van der Waals surface area contributed by atoms with Gasteiger partial charge in [-0.2, -0.15) is 9.40 Å². The molecule has 1 aliphatic rings. The number of fused-ring (bicyclic) bond motifs is 1. The Kier molecular flexibility index (Phi) is 5.85. The number of sulfonamides is 1. The first-order valence-electron chi connectivity index (χ1n) is 10.2. The van der Waals surface area contributed by atoms with Crippen LogP contribution in [0.15, 0.2) is 42.5 Å². The second kappa shape index (κ2) is 8.43. The molecule has 0 aliphatic carbocycles. The molecule has 4 rings (SSSR count). The van der Waals surface area contributed by atoms with Gasteiger partial charge in [-0.15, -0.1) is 0 Å². The molecule has 3 aromatic rings. The van der Waals surface area contributed by atoms with E-state index < -0.39 is 10.0 Å². The third kappa shape index (κ3) is 4.65. The van der Waals surface area contributed by atoms with E-state index in [-0.39, 0.29) is 24.7 Å². The van der Waals surface area contributed by atoms with E-state index in [4.69, 9.17) is 4.74 Å². The van der Waals surface area contributed by atoms with Crippen LogP contribution in [-0.4, -0.2) is 29.0 Å². The van der Waals surface area contributed by atoms with E-state index in [0.29, 0.717) is 24.4 Å². The Bertz CT molecular complexity index is 1200. The van der Waals surface area contributed by atoms with E-state index in [1.54, 1.807) is 16.8 Å². The normalized spacial score (nSPS) is 14.5. The molecule has 2 aromatic carbocycles. The number of aryl methyl sites for hydroxylation is 3. The molecule has 0 bridgehead atoms. The molecule has 164 valence electrons. The van der Waals surface area contributed by atoms with Crippen molar-refractivity contribution >= 4 is 10.0 Å². The van der Waals surface area contributed by atoms with Crippen molar-refractivity contribution in [1.82, 2.24) is 14.1 Å². The molecule has 0 unspecified atom stereocenters. The van der Waals surface area contributed by atoms with Crippen LogP contribution < -0.4 is 4.74 Å². The number of rotatable bonds is 6. The van der Waals surface area contributed by atoms with Gasteiger partial charge in [0.2, 0.25) is 10.0 Å². The molecule has 0 spiro atoms. The van der Waals surface area contributed by atoms with Crippen LogP contribution in [0, 0.1) is 19.7 Å². The van der Waals surface area contributed by atoms with Gasteiger partial charge in [0.15, 0.2) is 0 Å². The van der Waals surface area contributed by atoms with Gasteiger partial charge in [-0.05, 0) is 54.8 Å². The maximum absolute atomic E-state index is 13.1. The van der Waals surface area contributed by atoms with E-state index in [9.17, 15) is 12.8 Å². The third-order valence-corrected chi connectivity index (χ3v) is 7.59. The lowest BCUT2D eigenvalue weighted by Crippen LogP contribution is -2.37. The van der Waals surface area contributed by atoms with Crippen LogP contribution in [0.3, 0.4) is 0 Å². The van der Waals surface area contributed by atoms with Gasteiger partial charge < -0.3 is 4.74 Å². The fourth-order valence-corrected chi connectivity index (χ4v) is 5.35. The molecule has 0 radical (unpaired) electrons. The lowest BCUT2D eigenvalue weighted by atomic mass is 10.1. The van der Waals surface area contributed by atoms with Crippen LogP contribution >= 0.6 is 0 Å². The number of nitrogens with zero attached hydrogens (tertiary/aromatic N) is 3. The van der Waals surface area contributed by atoms with Crippen molar-refractivity contribution < 1.29 is 17.5 Å². The minimum Gasteiger partial charge on any atom is -0.487 e. The Morgan fingerprint density at radius 1 is 1.10 bits per heavy atom. The summed E-state index contributed by atoms with van der Waals surface area (Å²) in [6, 6.07) is 11.6. The highest BCUT2D eigenvalue weighted by Crippen LogP contribution is 2.27. The topological polar surface area (TPSA) is 64.4 Å². The highest BCUT2D eigenvalue weighted by atomic mass is 32.2. The first-order valence-corrected chi connectivity index (χ1v) is 11.8. The Morgan fingerprint density at radius 2 is 1.84 bits per heavy atom. The smallest absolute Gasteiger partial charge is 0.218 e. The fraction of sp³-hybridized carbons (Fsp3) is 0.348. The van der Waals surface area contributed by atoms with Crippen LogP contribution in [0.25, 0.3) is 0 Å². The predicted molar refractivity (Wildman–Crippen MR) is 117 cm³/mol. The molecule has 0 fully saturated rings. The maximum atomic E-state index is 13.1. The zero-order chi connectivity index (χ0) is 22.2. The van der Waals surface area contributed by atoms with Crippen molar-refractivity contribution in [3.05, 3.63) is 81.9 Å². The third-order valence-electron chi connectivity index (χ3n) is 5.79. The molecule has 1 aromatic heterocycles. The summed E-state index contributed by atoms with van der Waals surface area (Å²) in [6.45, 7) is 4.90. The van der Waals surface area contributed by atoms with E-state index in [0.717, 1.165) is 27.9 Å². The summed E-state index contributed by atoms with van der Waals surface area (Å²) >= 11 is 0. The van der Waals surface area contributed by atoms with Gasteiger partial charge >= 0.3 is 0 Å². The SMILES string of the molecule is Cc1ccc(CS(=O)(=O)N2CCc3c(c(COc4ccc(F)cc4)nn3C)C2)cc1C. The molecule has 0 saturated carbocycles. The number of hydrogen-bond donors (Lipinski definition) is 0. The standard InChI is InChI=1S/C23H26FN3O3S/c1-16-4-5-18(12-17(16)2)15-31(28,29)27-11-10-23-21(13-27)22(25-26(23)3)14-30-20-8-6-19(24)7-9-20/h4-9,12H,10-11,13-15H2,1-3H3. The van der Waals surface area contributed by atoms with Crippen molar-refractivity contribution in [2.75, 3.05) is 6.54 Å². The minimum atomic E-state index is -3.47. The van der Waals surface area contributed by atoms with Gasteiger partial charge in [-0.1, -0.05) is 18.2 Å². The van der Waals surface area contributed by atoms with E-state index in [1.807, 2.05) is 39.1 Å². The quantitative estimate of drug-likeness (QED) is 0.584. The molecule has 0 atom stereocenters. The highest BCUT2D eigenvalue weighted by molar-refractivity contribution is 7.88. The van der Waals surface area contributed by atoms with Crippen molar-refractivity contribution in [1.29, 1.82) is 0 Å². The first-order chi connectivity index (χ1) is 14.7. The molecule has 0 amide bonds. The van der Waals surface area contributed by atoms with E-state index in [1.165, 1.54) is 16.4 Å². The lowest BCUT2D eigenvalue weighted by Gasteiger charge is -2.27. The van der Waals surface area contributed by atoms with Crippen LogP contribution in [0.2, 0.25) is 0 Å². The maximum Gasteiger partial charge on any atom is 0.218 e. The van der Waals surface area contributed by atoms with Gasteiger partial charge in [-0.3, -0.25) is 4.68 Å². The van der Waals surface area contributed by atoms with Crippen LogP contribution in [-0.2, 0) is 42.4 Å². The van der Waals surface area contributed by atoms with Crippen LogP contribution in [0.4, 0.5) is 4.39 Å². The highest BCUT2D eigenvalue weighted by Gasteiger charge is 2.31. The van der Waals surface area contributed by atoms with Crippen LogP contribution in [0.1, 0.15) is 33.6 Å². The average molecular weight is 444 g/mol. The predicted octanol–water partition coefficient (Wildman–Crippen LogP) is 3.64. The molecular weight excluding hydrogens is 417 g/mol. The van der Waals surface area contributed by atoms with Gasteiger partial charge in [0, 0.05) is 37.8 Å². The van der Waals surface area contributed by atoms with Crippen molar-refractivity contribution in [2.24, 2.45) is 7.05 Å². The molecular formula is C23H26FN3O3S. The molecule has 0 saturated heterocycles. The van der Waals surface area contributed by atoms with Gasteiger partial charge in [0.05, 0.1) is 5.75 Å². The summed E-state index contributed by atoms with van der Waals surface area (Å²) in [5.41, 5.74) is 5.63. The molecule has 8 heteroatoms. The van der Waals surface area contributed by atoms with Crippen molar-refractivity contribution in [3.63, 3.8) is 0 Å². The van der Waals surface area contributed by atoms with Gasteiger partial charge in [0.25, 0.3) is 0 Å². The number of hydrogen-bond acceptors (Lipinski definition) is 4. The van der Waals surface area contributed by atoms with Crippen molar-refractivity contribution in [3.8, 4) is 5.75 Å².